The van der Waals surface area contributed by atoms with Crippen LogP contribution in [0.1, 0.15) is 36.8 Å². The smallest absolute Gasteiger partial charge is 0.411 e. The largest absolute Gasteiger partial charge is 0.444 e. The minimum atomic E-state index is -0.810. The van der Waals surface area contributed by atoms with E-state index in [1.165, 1.54) is 15.9 Å². The Morgan fingerprint density at radius 2 is 1.86 bits per heavy atom. The molecular weight excluding hydrogens is 470 g/mol. The Hall–Kier alpha value is -3.53. The van der Waals surface area contributed by atoms with Crippen LogP contribution >= 0.6 is 0 Å². The van der Waals surface area contributed by atoms with Gasteiger partial charge in [0.2, 0.25) is 11.8 Å². The number of hydrogen-bond acceptors (Lipinski definition) is 5. The Morgan fingerprint density at radius 1 is 1.08 bits per heavy atom. The summed E-state index contributed by atoms with van der Waals surface area (Å²) in [6.07, 6.45) is 0.432. The predicted octanol–water partition coefficient (Wildman–Crippen LogP) is 3.00. The number of carbonyl (C=O) groups excluding carboxylic acids is 3. The van der Waals surface area contributed by atoms with Gasteiger partial charge in [0.15, 0.2) is 0 Å². The van der Waals surface area contributed by atoms with Crippen molar-refractivity contribution in [3.63, 3.8) is 0 Å². The van der Waals surface area contributed by atoms with Crippen LogP contribution in [0.2, 0.25) is 0 Å². The third-order valence-electron chi connectivity index (χ3n) is 6.60. The quantitative estimate of drug-likeness (QED) is 0.563. The van der Waals surface area contributed by atoms with Crippen molar-refractivity contribution >= 4 is 17.9 Å². The van der Waals surface area contributed by atoms with Gasteiger partial charge in [-0.3, -0.25) is 14.5 Å². The summed E-state index contributed by atoms with van der Waals surface area (Å²) in [6, 6.07) is 11.8. The van der Waals surface area contributed by atoms with Crippen LogP contribution in [0.4, 0.5) is 13.6 Å². The molecule has 2 aromatic rings. The molecule has 2 N–H and O–H groups in total. The molecule has 2 aliphatic heterocycles. The molecule has 0 bridgehead atoms. The molecule has 0 aromatic heterocycles. The van der Waals surface area contributed by atoms with E-state index in [2.05, 4.69) is 0 Å². The van der Waals surface area contributed by atoms with Gasteiger partial charge in [-0.15, -0.1) is 0 Å². The Morgan fingerprint density at radius 3 is 2.58 bits per heavy atom. The molecule has 8 nitrogen and oxygen atoms in total. The Labute approximate surface area is 208 Å². The number of amides is 3. The highest BCUT2D eigenvalue weighted by Crippen LogP contribution is 2.29. The lowest BCUT2D eigenvalue weighted by Crippen LogP contribution is -2.71. The Balaban J connectivity index is 1.55. The van der Waals surface area contributed by atoms with Crippen molar-refractivity contribution in [2.45, 2.75) is 51.0 Å². The van der Waals surface area contributed by atoms with Crippen LogP contribution in [0.25, 0.3) is 0 Å². The van der Waals surface area contributed by atoms with Gasteiger partial charge in [-0.25, -0.2) is 13.6 Å². The van der Waals surface area contributed by atoms with Crippen LogP contribution in [0.3, 0.4) is 0 Å². The van der Waals surface area contributed by atoms with Gasteiger partial charge >= 0.3 is 6.09 Å². The third kappa shape index (κ3) is 5.64. The summed E-state index contributed by atoms with van der Waals surface area (Å²) in [4.78, 5) is 44.1. The number of nitrogens with two attached hydrogens (primary N) is 1. The molecule has 2 heterocycles. The average molecular weight is 501 g/mol. The van der Waals surface area contributed by atoms with Crippen LogP contribution in [0.5, 0.6) is 0 Å². The van der Waals surface area contributed by atoms with Crippen LogP contribution in [-0.2, 0) is 27.5 Å². The molecule has 2 fully saturated rings. The monoisotopic (exact) mass is 500 g/mol. The zero-order chi connectivity index (χ0) is 25.7. The van der Waals surface area contributed by atoms with Crippen molar-refractivity contribution in [2.75, 3.05) is 19.6 Å². The van der Waals surface area contributed by atoms with Crippen molar-refractivity contribution in [1.29, 1.82) is 0 Å². The molecule has 0 spiro atoms. The van der Waals surface area contributed by atoms with Crippen molar-refractivity contribution in [3.05, 3.63) is 71.3 Å². The molecule has 2 aromatic carbocycles. The molecule has 3 amide bonds. The summed E-state index contributed by atoms with van der Waals surface area (Å²) >= 11 is 0. The van der Waals surface area contributed by atoms with Gasteiger partial charge in [0.05, 0.1) is 6.54 Å². The number of ether oxygens (including phenoxy) is 1. The van der Waals surface area contributed by atoms with Crippen molar-refractivity contribution in [2.24, 2.45) is 5.73 Å². The summed E-state index contributed by atoms with van der Waals surface area (Å²) in [6.45, 7) is 0.689. The molecule has 10 heteroatoms. The van der Waals surface area contributed by atoms with Gasteiger partial charge < -0.3 is 20.3 Å². The van der Waals surface area contributed by atoms with Gasteiger partial charge in [-0.2, -0.15) is 0 Å². The van der Waals surface area contributed by atoms with Gasteiger partial charge in [-0.1, -0.05) is 30.3 Å². The predicted molar refractivity (Wildman–Crippen MR) is 127 cm³/mol. The maximum absolute atomic E-state index is 14.0. The average Bonchev–Trinajstić information content (AvgIpc) is 2.86. The molecule has 2 atom stereocenters. The first kappa shape index (κ1) is 25.6. The standard InChI is InChI=1S/C26H30F2N4O4/c27-20-10-9-19(21(28)14-20)17-36-26(35)31-13-11-24(33)32-22(8-4-5-12-29)25(34)30(16-23(31)32)15-18-6-2-1-3-7-18/h1-3,6-7,9-10,14,22-23H,4-5,8,11-13,15-17,29H2/t22-,23?/m0/s1. The first-order chi connectivity index (χ1) is 17.4. The number of hydrogen-bond donors (Lipinski definition) is 1. The number of nitrogens with zero attached hydrogens (tertiary/aromatic N) is 3. The van der Waals surface area contributed by atoms with Crippen molar-refractivity contribution in [3.8, 4) is 0 Å². The second-order valence-corrected chi connectivity index (χ2v) is 9.02. The summed E-state index contributed by atoms with van der Waals surface area (Å²) in [5, 5.41) is 0. The second kappa shape index (κ2) is 11.5. The van der Waals surface area contributed by atoms with Crippen molar-refractivity contribution in [1.82, 2.24) is 14.7 Å². The molecule has 36 heavy (non-hydrogen) atoms. The molecular formula is C26H30F2N4O4. The van der Waals surface area contributed by atoms with E-state index in [0.29, 0.717) is 32.4 Å². The first-order valence-corrected chi connectivity index (χ1v) is 12.1. The van der Waals surface area contributed by atoms with E-state index in [4.69, 9.17) is 10.5 Å². The highest BCUT2D eigenvalue weighted by molar-refractivity contribution is 5.90. The molecule has 192 valence electrons. The number of unbranched alkanes of at least 4 members (excludes halogenated alkanes) is 1. The summed E-state index contributed by atoms with van der Waals surface area (Å²) < 4.78 is 32.6. The Bertz CT molecular complexity index is 1100. The van der Waals surface area contributed by atoms with E-state index in [0.717, 1.165) is 17.7 Å². The van der Waals surface area contributed by atoms with E-state index in [-0.39, 0.29) is 43.5 Å². The molecule has 4 rings (SSSR count). The molecule has 2 aliphatic rings. The van der Waals surface area contributed by atoms with E-state index in [1.54, 1.807) is 4.90 Å². The number of rotatable bonds is 8. The van der Waals surface area contributed by atoms with Crippen LogP contribution in [0, 0.1) is 11.6 Å². The minimum absolute atomic E-state index is 0.0406. The van der Waals surface area contributed by atoms with Gasteiger partial charge in [-0.05, 0) is 43.5 Å². The maximum Gasteiger partial charge on any atom is 0.411 e. The number of benzene rings is 2. The maximum atomic E-state index is 14.0. The lowest BCUT2D eigenvalue weighted by molar-refractivity contribution is -0.169. The fourth-order valence-electron chi connectivity index (χ4n) is 4.76. The minimum Gasteiger partial charge on any atom is -0.444 e. The lowest BCUT2D eigenvalue weighted by Gasteiger charge is -2.52. The number of carbonyl (C=O) groups is 3. The van der Waals surface area contributed by atoms with Crippen LogP contribution < -0.4 is 5.73 Å². The molecule has 0 saturated carbocycles. The molecule has 2 saturated heterocycles. The van der Waals surface area contributed by atoms with Crippen LogP contribution in [0.15, 0.2) is 48.5 Å². The number of fused-ring (bicyclic) bond motifs is 1. The molecule has 0 aliphatic carbocycles. The van der Waals surface area contributed by atoms with Gasteiger partial charge in [0.25, 0.3) is 0 Å². The molecule has 1 unspecified atom stereocenters. The van der Waals surface area contributed by atoms with Crippen LogP contribution in [-0.4, -0.2) is 64.4 Å². The summed E-state index contributed by atoms with van der Waals surface area (Å²) in [5.41, 5.74) is 6.61. The molecule has 0 radical (unpaired) electrons. The third-order valence-corrected chi connectivity index (χ3v) is 6.60. The van der Waals surface area contributed by atoms with E-state index in [1.807, 2.05) is 30.3 Å². The van der Waals surface area contributed by atoms with Gasteiger partial charge in [0, 0.05) is 31.1 Å². The zero-order valence-corrected chi connectivity index (χ0v) is 19.9. The normalized spacial score (nSPS) is 19.9. The summed E-state index contributed by atoms with van der Waals surface area (Å²) in [7, 11) is 0. The fourth-order valence-corrected chi connectivity index (χ4v) is 4.76. The lowest BCUT2D eigenvalue weighted by atomic mass is 9.98. The number of piperazine rings is 1. The van der Waals surface area contributed by atoms with Crippen molar-refractivity contribution < 1.29 is 27.9 Å². The van der Waals surface area contributed by atoms with Gasteiger partial charge in [0.1, 0.15) is 30.4 Å². The SMILES string of the molecule is NCCCC[C@H]1C(=O)N(Cc2ccccc2)CC2N(C(=O)OCc3ccc(F)cc3F)CCC(=O)N21. The summed E-state index contributed by atoms with van der Waals surface area (Å²) in [5.74, 6) is -1.89. The second-order valence-electron chi connectivity index (χ2n) is 9.02. The van der Waals surface area contributed by atoms with E-state index in [9.17, 15) is 23.2 Å². The Kier molecular flexibility index (Phi) is 8.14. The topological polar surface area (TPSA) is 96.2 Å². The van der Waals surface area contributed by atoms with E-state index >= 15 is 0 Å². The highest BCUT2D eigenvalue weighted by Gasteiger charge is 2.48. The zero-order valence-electron chi connectivity index (χ0n) is 19.9. The highest BCUT2D eigenvalue weighted by atomic mass is 19.1. The van der Waals surface area contributed by atoms with E-state index < -0.39 is 29.9 Å². The number of halogens is 2. The first-order valence-electron chi connectivity index (χ1n) is 12.1. The fraction of sp³-hybridized carbons (Fsp3) is 0.423.